The molecule has 0 unspecified atom stereocenters. The number of aromatic hydroxyl groups is 1. The summed E-state index contributed by atoms with van der Waals surface area (Å²) in [5.41, 5.74) is 6.54. The van der Waals surface area contributed by atoms with Crippen molar-refractivity contribution in [2.24, 2.45) is 5.73 Å². The van der Waals surface area contributed by atoms with E-state index in [0.717, 1.165) is 16.3 Å². The van der Waals surface area contributed by atoms with E-state index in [-0.39, 0.29) is 5.75 Å². The summed E-state index contributed by atoms with van der Waals surface area (Å²) in [4.78, 5) is 4.23. The van der Waals surface area contributed by atoms with Crippen LogP contribution in [-0.2, 0) is 6.54 Å². The number of ether oxygens (including phenoxy) is 1. The van der Waals surface area contributed by atoms with E-state index in [9.17, 15) is 5.11 Å². The van der Waals surface area contributed by atoms with Gasteiger partial charge in [-0.05, 0) is 35.7 Å². The molecule has 0 aliphatic rings. The second kappa shape index (κ2) is 5.60. The number of hydrogen-bond donors (Lipinski definition) is 2. The van der Waals surface area contributed by atoms with E-state index in [0.29, 0.717) is 23.2 Å². The molecule has 0 aliphatic carbocycles. The summed E-state index contributed by atoms with van der Waals surface area (Å²) in [5, 5.41) is 11.8. The maximum atomic E-state index is 9.64. The first-order chi connectivity index (χ1) is 10.2. The van der Waals surface area contributed by atoms with Crippen molar-refractivity contribution in [1.82, 2.24) is 4.98 Å². The highest BCUT2D eigenvalue weighted by atomic mass is 35.5. The Bertz CT molecular complexity index is 805. The number of fused-ring (bicyclic) bond motifs is 1. The number of halogens is 1. The Morgan fingerprint density at radius 1 is 1.14 bits per heavy atom. The van der Waals surface area contributed by atoms with Crippen molar-refractivity contribution in [3.05, 3.63) is 59.2 Å². The van der Waals surface area contributed by atoms with Crippen LogP contribution in [-0.4, -0.2) is 10.1 Å². The quantitative estimate of drug-likeness (QED) is 0.771. The smallest absolute Gasteiger partial charge is 0.227 e. The third-order valence-corrected chi connectivity index (χ3v) is 3.40. The SMILES string of the molecule is NCc1ccc(Cl)cc1Oc1nccc2ccc(O)cc12. The summed E-state index contributed by atoms with van der Waals surface area (Å²) in [6.45, 7) is 0.336. The normalized spacial score (nSPS) is 10.8. The second-order valence-corrected chi connectivity index (χ2v) is 5.02. The third-order valence-electron chi connectivity index (χ3n) is 3.17. The van der Waals surface area contributed by atoms with Crippen molar-refractivity contribution in [3.8, 4) is 17.4 Å². The lowest BCUT2D eigenvalue weighted by atomic mass is 10.1. The molecule has 3 rings (SSSR count). The van der Waals surface area contributed by atoms with Gasteiger partial charge in [-0.1, -0.05) is 23.7 Å². The first kappa shape index (κ1) is 13.7. The number of nitrogens with two attached hydrogens (primary N) is 1. The molecule has 0 amide bonds. The van der Waals surface area contributed by atoms with Gasteiger partial charge in [0.1, 0.15) is 11.5 Å². The number of pyridine rings is 1. The van der Waals surface area contributed by atoms with Gasteiger partial charge in [0.05, 0.1) is 0 Å². The minimum atomic E-state index is 0.158. The summed E-state index contributed by atoms with van der Waals surface area (Å²) in [6, 6.07) is 12.2. The Kier molecular flexibility index (Phi) is 3.64. The van der Waals surface area contributed by atoms with Crippen LogP contribution in [0.4, 0.5) is 0 Å². The van der Waals surface area contributed by atoms with Crippen LogP contribution in [0.2, 0.25) is 5.02 Å². The minimum Gasteiger partial charge on any atom is -0.508 e. The van der Waals surface area contributed by atoms with E-state index in [1.54, 1.807) is 36.5 Å². The number of benzene rings is 2. The Balaban J connectivity index is 2.10. The molecule has 1 heterocycles. The van der Waals surface area contributed by atoms with E-state index < -0.39 is 0 Å². The maximum Gasteiger partial charge on any atom is 0.227 e. The number of aromatic nitrogens is 1. The number of nitrogens with zero attached hydrogens (tertiary/aromatic N) is 1. The maximum absolute atomic E-state index is 9.64. The van der Waals surface area contributed by atoms with Gasteiger partial charge < -0.3 is 15.6 Å². The molecule has 21 heavy (non-hydrogen) atoms. The number of hydrogen-bond acceptors (Lipinski definition) is 4. The van der Waals surface area contributed by atoms with Gasteiger partial charge in [0.25, 0.3) is 0 Å². The van der Waals surface area contributed by atoms with Crippen LogP contribution in [0.1, 0.15) is 5.56 Å². The molecule has 2 aromatic carbocycles. The molecule has 4 nitrogen and oxygen atoms in total. The molecule has 0 bridgehead atoms. The van der Waals surface area contributed by atoms with E-state index >= 15 is 0 Å². The van der Waals surface area contributed by atoms with Gasteiger partial charge in [0.2, 0.25) is 5.88 Å². The third kappa shape index (κ3) is 2.77. The molecular formula is C16H13ClN2O2. The second-order valence-electron chi connectivity index (χ2n) is 4.58. The predicted octanol–water partition coefficient (Wildman–Crippen LogP) is 3.84. The van der Waals surface area contributed by atoms with Crippen molar-refractivity contribution in [2.75, 3.05) is 0 Å². The predicted molar refractivity (Wildman–Crippen MR) is 82.8 cm³/mol. The van der Waals surface area contributed by atoms with Crippen LogP contribution < -0.4 is 10.5 Å². The van der Waals surface area contributed by atoms with Crippen LogP contribution >= 0.6 is 11.6 Å². The lowest BCUT2D eigenvalue weighted by Gasteiger charge is -2.11. The number of rotatable bonds is 3. The molecule has 0 radical (unpaired) electrons. The van der Waals surface area contributed by atoms with Crippen LogP contribution in [0.3, 0.4) is 0 Å². The monoisotopic (exact) mass is 300 g/mol. The zero-order chi connectivity index (χ0) is 14.8. The highest BCUT2D eigenvalue weighted by Crippen LogP contribution is 2.32. The number of phenolic OH excluding ortho intramolecular Hbond substituents is 1. The van der Waals surface area contributed by atoms with Crippen molar-refractivity contribution in [2.45, 2.75) is 6.54 Å². The Labute approximate surface area is 126 Å². The lowest BCUT2D eigenvalue weighted by Crippen LogP contribution is -2.00. The van der Waals surface area contributed by atoms with Crippen LogP contribution in [0.5, 0.6) is 17.4 Å². The molecule has 106 valence electrons. The molecule has 0 aliphatic heterocycles. The summed E-state index contributed by atoms with van der Waals surface area (Å²) >= 11 is 6.00. The fraction of sp³-hybridized carbons (Fsp3) is 0.0625. The van der Waals surface area contributed by atoms with E-state index in [1.165, 1.54) is 0 Å². The molecule has 0 fully saturated rings. The van der Waals surface area contributed by atoms with E-state index in [2.05, 4.69) is 4.98 Å². The van der Waals surface area contributed by atoms with Gasteiger partial charge in [-0.25, -0.2) is 4.98 Å². The molecule has 3 aromatic rings. The van der Waals surface area contributed by atoms with Crippen molar-refractivity contribution >= 4 is 22.4 Å². The zero-order valence-electron chi connectivity index (χ0n) is 11.1. The van der Waals surface area contributed by atoms with Gasteiger partial charge >= 0.3 is 0 Å². The average molecular weight is 301 g/mol. The van der Waals surface area contributed by atoms with E-state index in [4.69, 9.17) is 22.1 Å². The Hall–Kier alpha value is -2.30. The van der Waals surface area contributed by atoms with Gasteiger partial charge in [-0.3, -0.25) is 0 Å². The first-order valence-corrected chi connectivity index (χ1v) is 6.79. The standard InChI is InChI=1S/C16H13ClN2O2/c17-12-3-1-11(9-18)15(7-12)21-16-14-8-13(20)4-2-10(14)5-6-19-16/h1-8,20H,9,18H2. The van der Waals surface area contributed by atoms with Crippen molar-refractivity contribution in [3.63, 3.8) is 0 Å². The molecule has 1 aromatic heterocycles. The summed E-state index contributed by atoms with van der Waals surface area (Å²) < 4.78 is 5.86. The van der Waals surface area contributed by atoms with Crippen LogP contribution in [0, 0.1) is 0 Å². The van der Waals surface area contributed by atoms with Gasteiger partial charge in [-0.15, -0.1) is 0 Å². The summed E-state index contributed by atoms with van der Waals surface area (Å²) in [6.07, 6.45) is 1.65. The summed E-state index contributed by atoms with van der Waals surface area (Å²) in [7, 11) is 0. The van der Waals surface area contributed by atoms with Gasteiger partial charge in [0, 0.05) is 28.7 Å². The Morgan fingerprint density at radius 3 is 2.81 bits per heavy atom. The van der Waals surface area contributed by atoms with E-state index in [1.807, 2.05) is 12.1 Å². The van der Waals surface area contributed by atoms with Gasteiger partial charge in [-0.2, -0.15) is 0 Å². The van der Waals surface area contributed by atoms with Crippen LogP contribution in [0.25, 0.3) is 10.8 Å². The Morgan fingerprint density at radius 2 is 2.00 bits per heavy atom. The number of phenols is 1. The topological polar surface area (TPSA) is 68.4 Å². The minimum absolute atomic E-state index is 0.158. The average Bonchev–Trinajstić information content (AvgIpc) is 2.48. The molecule has 0 spiro atoms. The first-order valence-electron chi connectivity index (χ1n) is 6.41. The molecule has 0 saturated heterocycles. The molecular weight excluding hydrogens is 288 g/mol. The molecule has 3 N–H and O–H groups in total. The molecule has 0 atom stereocenters. The fourth-order valence-corrected chi connectivity index (χ4v) is 2.27. The fourth-order valence-electron chi connectivity index (χ4n) is 2.11. The highest BCUT2D eigenvalue weighted by molar-refractivity contribution is 6.30. The van der Waals surface area contributed by atoms with Crippen molar-refractivity contribution in [1.29, 1.82) is 0 Å². The van der Waals surface area contributed by atoms with Crippen molar-refractivity contribution < 1.29 is 9.84 Å². The highest BCUT2D eigenvalue weighted by Gasteiger charge is 2.09. The zero-order valence-corrected chi connectivity index (χ0v) is 11.8. The summed E-state index contributed by atoms with van der Waals surface area (Å²) in [5.74, 6) is 1.12. The molecule has 5 heteroatoms. The van der Waals surface area contributed by atoms with Gasteiger partial charge in [0.15, 0.2) is 0 Å². The van der Waals surface area contributed by atoms with Crippen LogP contribution in [0.15, 0.2) is 48.7 Å². The largest absolute Gasteiger partial charge is 0.508 e. The lowest BCUT2D eigenvalue weighted by molar-refractivity contribution is 0.461. The molecule has 0 saturated carbocycles.